The van der Waals surface area contributed by atoms with E-state index in [-0.39, 0.29) is 18.0 Å². The van der Waals surface area contributed by atoms with E-state index in [4.69, 9.17) is 23.2 Å². The summed E-state index contributed by atoms with van der Waals surface area (Å²) in [5.74, 6) is -0.584. The Morgan fingerprint density at radius 2 is 1.42 bits per heavy atom. The van der Waals surface area contributed by atoms with Crippen LogP contribution in [0.5, 0.6) is 0 Å². The van der Waals surface area contributed by atoms with Crippen molar-refractivity contribution in [3.8, 4) is 0 Å². The van der Waals surface area contributed by atoms with E-state index < -0.39 is 23.8 Å². The Hall–Kier alpha value is -3.89. The summed E-state index contributed by atoms with van der Waals surface area (Å²) < 4.78 is 39.4. The first-order valence-electron chi connectivity index (χ1n) is 10.4. The zero-order valence-corrected chi connectivity index (χ0v) is 19.5. The van der Waals surface area contributed by atoms with E-state index in [1.807, 2.05) is 0 Å². The van der Waals surface area contributed by atoms with Crippen LogP contribution in [0, 0.1) is 0 Å². The number of pyridine rings is 1. The van der Waals surface area contributed by atoms with Crippen LogP contribution in [0.2, 0.25) is 10.0 Å². The van der Waals surface area contributed by atoms with E-state index in [9.17, 15) is 22.8 Å². The first-order chi connectivity index (χ1) is 17.1. The highest BCUT2D eigenvalue weighted by molar-refractivity contribution is 6.42. The minimum atomic E-state index is -4.58. The van der Waals surface area contributed by atoms with Crippen LogP contribution in [-0.2, 0) is 17.5 Å². The lowest BCUT2D eigenvalue weighted by molar-refractivity contribution is -0.371. The van der Waals surface area contributed by atoms with Gasteiger partial charge in [0, 0.05) is 21.8 Å². The van der Waals surface area contributed by atoms with Crippen LogP contribution in [0.25, 0.3) is 11.1 Å². The van der Waals surface area contributed by atoms with E-state index >= 15 is 0 Å². The van der Waals surface area contributed by atoms with Gasteiger partial charge in [-0.05, 0) is 41.5 Å². The molecule has 0 aliphatic carbocycles. The third kappa shape index (κ3) is 4.40. The molecule has 2 aromatic carbocycles. The van der Waals surface area contributed by atoms with Gasteiger partial charge in [-0.25, -0.2) is 4.79 Å². The standard InChI is InChI=1S/C24H13Cl2F3N5O2/c25-16-6-2-14(3-7-16)19-20(15-4-8-17(26)9-5-15)22(35)32-34-21(19)31-33(23(34)36)12-13-1-10-18(30-11-13)24(27,28)29/h1-11H,12H2/q+1. The average Bonchev–Trinajstić information content (AvgIpc) is 3.14. The number of carbonyl (C=O) groups excluding carboxylic acids is 2. The van der Waals surface area contributed by atoms with Gasteiger partial charge in [-0.3, -0.25) is 9.78 Å². The predicted octanol–water partition coefficient (Wildman–Crippen LogP) is 6.27. The second kappa shape index (κ2) is 8.96. The van der Waals surface area contributed by atoms with Crippen LogP contribution < -0.4 is 0 Å². The van der Waals surface area contributed by atoms with Crippen molar-refractivity contribution in [2.24, 2.45) is 10.2 Å². The molecule has 3 amide bonds. The first kappa shape index (κ1) is 23.8. The topological polar surface area (TPSA) is 78.0 Å². The summed E-state index contributed by atoms with van der Waals surface area (Å²) in [7, 11) is 0. The number of halogens is 5. The SMILES string of the molecule is O=C1N=[N+]2C(=O)N(Cc3ccc(C(F)(F)F)nc3)N=C2C(c2ccc(Cl)cc2)=C1c1ccc(Cl)cc1. The summed E-state index contributed by atoms with van der Waals surface area (Å²) in [5.41, 5.74) is 0.872. The number of hydrogen-bond donors (Lipinski definition) is 0. The molecule has 3 aromatic rings. The second-order valence-corrected chi connectivity index (χ2v) is 8.67. The first-order valence-corrected chi connectivity index (χ1v) is 11.1. The summed E-state index contributed by atoms with van der Waals surface area (Å²) in [6.07, 6.45) is -3.57. The smallest absolute Gasteiger partial charge is 0.264 e. The van der Waals surface area contributed by atoms with Crippen molar-refractivity contribution >= 4 is 52.1 Å². The van der Waals surface area contributed by atoms with Crippen LogP contribution in [0.1, 0.15) is 22.4 Å². The van der Waals surface area contributed by atoms with Crippen molar-refractivity contribution in [2.75, 3.05) is 0 Å². The predicted molar refractivity (Wildman–Crippen MR) is 125 cm³/mol. The molecule has 180 valence electrons. The highest BCUT2D eigenvalue weighted by Crippen LogP contribution is 2.36. The zero-order chi connectivity index (χ0) is 25.6. The van der Waals surface area contributed by atoms with Crippen molar-refractivity contribution in [3.63, 3.8) is 0 Å². The number of fused-ring (bicyclic) bond motifs is 1. The fourth-order valence-corrected chi connectivity index (χ4v) is 3.99. The van der Waals surface area contributed by atoms with Crippen LogP contribution in [0.3, 0.4) is 0 Å². The Kier molecular flexibility index (Phi) is 5.93. The Balaban J connectivity index is 1.59. The molecule has 7 nitrogen and oxygen atoms in total. The number of carbonyl (C=O) groups is 2. The minimum Gasteiger partial charge on any atom is -0.264 e. The molecule has 2 aliphatic heterocycles. The lowest BCUT2D eigenvalue weighted by Gasteiger charge is -2.14. The summed E-state index contributed by atoms with van der Waals surface area (Å²) in [5, 5.41) is 10.3. The van der Waals surface area contributed by atoms with Crippen molar-refractivity contribution in [1.82, 2.24) is 9.99 Å². The molecule has 36 heavy (non-hydrogen) atoms. The van der Waals surface area contributed by atoms with Crippen molar-refractivity contribution < 1.29 is 27.5 Å². The molecular weight excluding hydrogens is 518 g/mol. The molecule has 0 unspecified atom stereocenters. The van der Waals surface area contributed by atoms with E-state index in [0.29, 0.717) is 32.3 Å². The fraction of sp³-hybridized carbons (Fsp3) is 0.0833. The monoisotopic (exact) mass is 530 g/mol. The van der Waals surface area contributed by atoms with Crippen LogP contribution in [0.15, 0.2) is 77.1 Å². The Morgan fingerprint density at radius 3 is 1.94 bits per heavy atom. The van der Waals surface area contributed by atoms with Gasteiger partial charge >= 0.3 is 24.0 Å². The van der Waals surface area contributed by atoms with Crippen LogP contribution in [-0.4, -0.2) is 32.5 Å². The number of hydrogen-bond acceptors (Lipinski definition) is 4. The van der Waals surface area contributed by atoms with Crippen LogP contribution in [0.4, 0.5) is 18.0 Å². The molecule has 0 bridgehead atoms. The highest BCUT2D eigenvalue weighted by Gasteiger charge is 2.48. The van der Waals surface area contributed by atoms with E-state index in [1.54, 1.807) is 48.5 Å². The molecule has 1 aromatic heterocycles. The molecule has 0 N–H and O–H groups in total. The van der Waals surface area contributed by atoms with Crippen molar-refractivity contribution in [1.29, 1.82) is 0 Å². The maximum absolute atomic E-state index is 13.1. The lowest BCUT2D eigenvalue weighted by atomic mass is 9.92. The number of amides is 3. The molecular formula is C24H13Cl2F3N5O2+. The van der Waals surface area contributed by atoms with Gasteiger partial charge < -0.3 is 0 Å². The van der Waals surface area contributed by atoms with E-state index in [2.05, 4.69) is 15.2 Å². The number of hydrazone groups is 1. The number of alkyl halides is 3. The minimum absolute atomic E-state index is 0.0896. The summed E-state index contributed by atoms with van der Waals surface area (Å²) >= 11 is 12.0. The molecule has 0 fully saturated rings. The van der Waals surface area contributed by atoms with Gasteiger partial charge in [0.1, 0.15) is 12.2 Å². The summed E-state index contributed by atoms with van der Waals surface area (Å²) in [6, 6.07) is 14.5. The van der Waals surface area contributed by atoms with Crippen molar-refractivity contribution in [3.05, 3.63) is 99.3 Å². The number of aromatic nitrogens is 1. The van der Waals surface area contributed by atoms with Gasteiger partial charge in [-0.1, -0.05) is 68.4 Å². The zero-order valence-electron chi connectivity index (χ0n) is 18.0. The number of amidine groups is 1. The number of urea groups is 1. The van der Waals surface area contributed by atoms with Crippen LogP contribution >= 0.6 is 23.2 Å². The molecule has 12 heteroatoms. The normalized spacial score (nSPS) is 15.8. The molecule has 3 heterocycles. The lowest BCUT2D eigenvalue weighted by Crippen LogP contribution is -2.31. The molecule has 0 saturated heterocycles. The second-order valence-electron chi connectivity index (χ2n) is 7.79. The van der Waals surface area contributed by atoms with E-state index in [1.165, 1.54) is 6.07 Å². The number of nitrogens with zero attached hydrogens (tertiary/aromatic N) is 5. The fourth-order valence-electron chi connectivity index (χ4n) is 3.74. The maximum atomic E-state index is 13.1. The number of rotatable bonds is 4. The maximum Gasteiger partial charge on any atom is 0.499 e. The average molecular weight is 531 g/mol. The molecule has 2 aliphatic rings. The Bertz CT molecular complexity index is 1480. The van der Waals surface area contributed by atoms with Crippen molar-refractivity contribution in [2.45, 2.75) is 12.7 Å². The molecule has 0 spiro atoms. The Labute approximate surface area is 211 Å². The van der Waals surface area contributed by atoms with Gasteiger partial charge in [0.25, 0.3) is 0 Å². The number of azo groups is 2. The molecule has 0 radical (unpaired) electrons. The highest BCUT2D eigenvalue weighted by atomic mass is 35.5. The van der Waals surface area contributed by atoms with Gasteiger partial charge in [-0.15, -0.1) is 0 Å². The third-order valence-corrected chi connectivity index (χ3v) is 5.91. The largest absolute Gasteiger partial charge is 0.499 e. The van der Waals surface area contributed by atoms with Gasteiger partial charge in [0.2, 0.25) is 0 Å². The van der Waals surface area contributed by atoms with Gasteiger partial charge in [0.15, 0.2) is 0 Å². The molecule has 5 rings (SSSR count). The quantitative estimate of drug-likeness (QED) is 0.373. The van der Waals surface area contributed by atoms with E-state index in [0.717, 1.165) is 22.0 Å². The number of benzene rings is 2. The molecule has 0 atom stereocenters. The summed E-state index contributed by atoms with van der Waals surface area (Å²) in [6.45, 7) is -0.183. The summed E-state index contributed by atoms with van der Waals surface area (Å²) in [4.78, 5) is 29.6. The van der Waals surface area contributed by atoms with Gasteiger partial charge in [-0.2, -0.15) is 13.2 Å². The Morgan fingerprint density at radius 1 is 0.833 bits per heavy atom. The molecule has 0 saturated carbocycles. The third-order valence-electron chi connectivity index (χ3n) is 5.41. The van der Waals surface area contributed by atoms with Gasteiger partial charge in [0.05, 0.1) is 16.2 Å².